The van der Waals surface area contributed by atoms with Crippen LogP contribution in [0.3, 0.4) is 0 Å². The fraction of sp³-hybridized carbons (Fsp3) is 0.136. The van der Waals surface area contributed by atoms with Gasteiger partial charge in [0.1, 0.15) is 11.8 Å². The van der Waals surface area contributed by atoms with E-state index in [1.165, 1.54) is 0 Å². The lowest BCUT2D eigenvalue weighted by Gasteiger charge is -2.23. The lowest BCUT2D eigenvalue weighted by molar-refractivity contribution is -0.120. The highest BCUT2D eigenvalue weighted by atomic mass is 35.5. The lowest BCUT2D eigenvalue weighted by atomic mass is 9.96. The van der Waals surface area contributed by atoms with Gasteiger partial charge in [-0.05, 0) is 47.0 Å². The van der Waals surface area contributed by atoms with Crippen molar-refractivity contribution in [2.24, 2.45) is 0 Å². The summed E-state index contributed by atoms with van der Waals surface area (Å²) in [7, 11) is 1.78. The van der Waals surface area contributed by atoms with Crippen LogP contribution in [0.2, 0.25) is 5.02 Å². The highest BCUT2D eigenvalue weighted by molar-refractivity contribution is 6.30. The Morgan fingerprint density at radius 3 is 2.30 bits per heavy atom. The van der Waals surface area contributed by atoms with E-state index in [1.54, 1.807) is 30.1 Å². The van der Waals surface area contributed by atoms with Crippen LogP contribution >= 0.6 is 11.6 Å². The zero-order chi connectivity index (χ0) is 19.0. The van der Waals surface area contributed by atoms with Gasteiger partial charge in [0, 0.05) is 17.8 Å². The smallest absolute Gasteiger partial charge is 0.248 e. The van der Waals surface area contributed by atoms with E-state index in [2.05, 4.69) is 5.32 Å². The second-order valence-electron chi connectivity index (χ2n) is 6.64. The SMILES string of the molecule is CN1C(=O)C(c2ccccc2)NC(c2ccc(O)cc2)c2cc(Cl)ccc21. The second-order valence-corrected chi connectivity index (χ2v) is 7.07. The summed E-state index contributed by atoms with van der Waals surface area (Å²) in [4.78, 5) is 14.9. The Kier molecular flexibility index (Phi) is 4.60. The average molecular weight is 379 g/mol. The Labute approximate surface area is 163 Å². The number of aromatic hydroxyl groups is 1. The van der Waals surface area contributed by atoms with Gasteiger partial charge in [-0.25, -0.2) is 0 Å². The molecule has 5 heteroatoms. The molecule has 0 bridgehead atoms. The van der Waals surface area contributed by atoms with Crippen molar-refractivity contribution in [3.8, 4) is 5.75 Å². The third kappa shape index (κ3) is 3.29. The molecule has 2 N–H and O–H groups in total. The fourth-order valence-electron chi connectivity index (χ4n) is 3.53. The number of hydrogen-bond donors (Lipinski definition) is 2. The number of hydrogen-bond acceptors (Lipinski definition) is 3. The van der Waals surface area contributed by atoms with Crippen LogP contribution in [0.25, 0.3) is 0 Å². The Morgan fingerprint density at radius 1 is 0.926 bits per heavy atom. The molecule has 1 aliphatic heterocycles. The molecule has 4 rings (SSSR count). The maximum Gasteiger partial charge on any atom is 0.248 e. The summed E-state index contributed by atoms with van der Waals surface area (Å²) < 4.78 is 0. The Hall–Kier alpha value is -2.82. The number of likely N-dealkylation sites (N-methyl/N-ethyl adjacent to an activating group) is 1. The van der Waals surface area contributed by atoms with E-state index in [0.717, 1.165) is 22.4 Å². The number of anilines is 1. The molecule has 0 fully saturated rings. The van der Waals surface area contributed by atoms with E-state index < -0.39 is 6.04 Å². The number of nitrogens with one attached hydrogen (secondary N) is 1. The van der Waals surface area contributed by atoms with E-state index in [9.17, 15) is 9.90 Å². The van der Waals surface area contributed by atoms with Crippen molar-refractivity contribution >= 4 is 23.2 Å². The van der Waals surface area contributed by atoms with Gasteiger partial charge in [0.25, 0.3) is 0 Å². The van der Waals surface area contributed by atoms with Crippen LogP contribution in [-0.4, -0.2) is 18.1 Å². The maximum absolute atomic E-state index is 13.2. The minimum atomic E-state index is -0.499. The van der Waals surface area contributed by atoms with Crippen molar-refractivity contribution < 1.29 is 9.90 Å². The molecule has 2 unspecified atom stereocenters. The molecule has 0 aromatic heterocycles. The third-order valence-corrected chi connectivity index (χ3v) is 5.17. The largest absolute Gasteiger partial charge is 0.508 e. The van der Waals surface area contributed by atoms with Crippen molar-refractivity contribution in [3.63, 3.8) is 0 Å². The summed E-state index contributed by atoms with van der Waals surface area (Å²) in [6.45, 7) is 0. The summed E-state index contributed by atoms with van der Waals surface area (Å²) >= 11 is 6.27. The molecule has 0 spiro atoms. The highest BCUT2D eigenvalue weighted by Crippen LogP contribution is 2.38. The van der Waals surface area contributed by atoms with Crippen molar-refractivity contribution in [1.82, 2.24) is 5.32 Å². The van der Waals surface area contributed by atoms with Crippen LogP contribution in [0.15, 0.2) is 72.8 Å². The molecule has 0 aliphatic carbocycles. The molecule has 3 aromatic rings. The molecule has 0 saturated heterocycles. The van der Waals surface area contributed by atoms with E-state index in [1.807, 2.05) is 54.6 Å². The summed E-state index contributed by atoms with van der Waals surface area (Å²) in [6.07, 6.45) is 0. The van der Waals surface area contributed by atoms with Gasteiger partial charge in [-0.1, -0.05) is 54.1 Å². The van der Waals surface area contributed by atoms with Crippen molar-refractivity contribution in [2.75, 3.05) is 11.9 Å². The van der Waals surface area contributed by atoms with Gasteiger partial charge in [-0.2, -0.15) is 0 Å². The number of phenols is 1. The van der Waals surface area contributed by atoms with E-state index in [4.69, 9.17) is 11.6 Å². The molecule has 0 saturated carbocycles. The molecular weight excluding hydrogens is 360 g/mol. The molecule has 136 valence electrons. The van der Waals surface area contributed by atoms with Gasteiger partial charge in [0.05, 0.1) is 6.04 Å². The number of amides is 1. The fourth-order valence-corrected chi connectivity index (χ4v) is 3.71. The number of benzene rings is 3. The summed E-state index contributed by atoms with van der Waals surface area (Å²) in [5, 5.41) is 13.8. The maximum atomic E-state index is 13.2. The number of phenolic OH excluding ortho intramolecular Hbond substituents is 1. The summed E-state index contributed by atoms with van der Waals surface area (Å²) in [6, 6.07) is 21.5. The predicted octanol–water partition coefficient (Wildman–Crippen LogP) is 4.44. The number of halogens is 1. The number of rotatable bonds is 2. The topological polar surface area (TPSA) is 52.6 Å². The number of nitrogens with zero attached hydrogens (tertiary/aromatic N) is 1. The van der Waals surface area contributed by atoms with Crippen LogP contribution in [-0.2, 0) is 4.79 Å². The van der Waals surface area contributed by atoms with Gasteiger partial charge < -0.3 is 10.0 Å². The quantitative estimate of drug-likeness (QED) is 0.693. The minimum Gasteiger partial charge on any atom is -0.508 e. The molecular formula is C22H19ClN2O2. The van der Waals surface area contributed by atoms with E-state index >= 15 is 0 Å². The van der Waals surface area contributed by atoms with Crippen LogP contribution in [0.5, 0.6) is 5.75 Å². The van der Waals surface area contributed by atoms with Crippen molar-refractivity contribution in [2.45, 2.75) is 12.1 Å². The first kappa shape index (κ1) is 17.6. The first-order valence-corrected chi connectivity index (χ1v) is 9.09. The molecule has 2 atom stereocenters. The molecule has 1 aliphatic rings. The number of fused-ring (bicyclic) bond motifs is 1. The first-order valence-electron chi connectivity index (χ1n) is 8.71. The van der Waals surface area contributed by atoms with Gasteiger partial charge in [0.15, 0.2) is 0 Å². The Morgan fingerprint density at radius 2 is 1.59 bits per heavy atom. The van der Waals surface area contributed by atoms with Gasteiger partial charge >= 0.3 is 0 Å². The second kappa shape index (κ2) is 7.06. The van der Waals surface area contributed by atoms with E-state index in [0.29, 0.717) is 5.02 Å². The molecule has 1 amide bonds. The monoisotopic (exact) mass is 378 g/mol. The minimum absolute atomic E-state index is 0.0361. The predicted molar refractivity (Wildman–Crippen MR) is 107 cm³/mol. The van der Waals surface area contributed by atoms with Gasteiger partial charge in [-0.15, -0.1) is 0 Å². The van der Waals surface area contributed by atoms with E-state index in [-0.39, 0.29) is 17.7 Å². The van der Waals surface area contributed by atoms with Crippen LogP contribution < -0.4 is 10.2 Å². The summed E-state index contributed by atoms with van der Waals surface area (Å²) in [5.74, 6) is 0.164. The van der Waals surface area contributed by atoms with Crippen LogP contribution in [0, 0.1) is 0 Å². The molecule has 27 heavy (non-hydrogen) atoms. The number of carbonyl (C=O) groups excluding carboxylic acids is 1. The normalized spacial score (nSPS) is 19.5. The zero-order valence-electron chi connectivity index (χ0n) is 14.8. The van der Waals surface area contributed by atoms with Crippen LogP contribution in [0.4, 0.5) is 5.69 Å². The molecule has 4 nitrogen and oxygen atoms in total. The molecule has 1 heterocycles. The lowest BCUT2D eigenvalue weighted by Crippen LogP contribution is -2.37. The first-order chi connectivity index (χ1) is 13.0. The Bertz CT molecular complexity index is 973. The summed E-state index contributed by atoms with van der Waals surface area (Å²) in [5.41, 5.74) is 3.58. The number of carbonyl (C=O) groups is 1. The third-order valence-electron chi connectivity index (χ3n) is 4.93. The van der Waals surface area contributed by atoms with Crippen molar-refractivity contribution in [1.29, 1.82) is 0 Å². The van der Waals surface area contributed by atoms with Gasteiger partial charge in [-0.3, -0.25) is 10.1 Å². The van der Waals surface area contributed by atoms with Gasteiger partial charge in [0.2, 0.25) is 5.91 Å². The highest BCUT2D eigenvalue weighted by Gasteiger charge is 2.34. The zero-order valence-corrected chi connectivity index (χ0v) is 15.5. The standard InChI is InChI=1S/C22H19ClN2O2/c1-25-19-12-9-16(23)13-18(19)20(15-7-10-17(26)11-8-15)24-21(22(25)27)14-5-3-2-4-6-14/h2-13,20-21,24,26H,1H3. The molecule has 3 aromatic carbocycles. The molecule has 0 radical (unpaired) electrons. The van der Waals surface area contributed by atoms with Crippen molar-refractivity contribution in [3.05, 3.63) is 94.5 Å². The Balaban J connectivity index is 1.88. The van der Waals surface area contributed by atoms with Crippen LogP contribution in [0.1, 0.15) is 28.8 Å². The average Bonchev–Trinajstić information content (AvgIpc) is 2.79.